The zero-order valence-corrected chi connectivity index (χ0v) is 10.4. The van der Waals surface area contributed by atoms with Gasteiger partial charge in [0.2, 0.25) is 0 Å². The molecule has 18 heavy (non-hydrogen) atoms. The van der Waals surface area contributed by atoms with Gasteiger partial charge in [0.05, 0.1) is 11.2 Å². The number of carbonyl (C=O) groups excluding carboxylic acids is 1. The van der Waals surface area contributed by atoms with Gasteiger partial charge in [-0.15, -0.1) is 0 Å². The van der Waals surface area contributed by atoms with Crippen LogP contribution in [0.25, 0.3) is 0 Å². The predicted molar refractivity (Wildman–Crippen MR) is 61.4 cm³/mol. The van der Waals surface area contributed by atoms with Crippen molar-refractivity contribution in [1.29, 1.82) is 0 Å². The standard InChI is InChI=1S/C12H15F2NO3/c1-12(2,3)18-15-10(16)8-6-4-5-7-9(8)17-11(13)14/h4-7,11H,1-3H3,(H,15,16). The Labute approximate surface area is 104 Å². The minimum Gasteiger partial charge on any atom is -0.434 e. The van der Waals surface area contributed by atoms with Crippen LogP contribution in [0.5, 0.6) is 5.75 Å². The number of ether oxygens (including phenoxy) is 1. The Kier molecular flexibility index (Phi) is 4.61. The Morgan fingerprint density at radius 3 is 2.44 bits per heavy atom. The lowest BCUT2D eigenvalue weighted by Gasteiger charge is -2.19. The van der Waals surface area contributed by atoms with Crippen LogP contribution >= 0.6 is 0 Å². The van der Waals surface area contributed by atoms with E-state index in [1.54, 1.807) is 26.8 Å². The van der Waals surface area contributed by atoms with Gasteiger partial charge < -0.3 is 4.74 Å². The number of amides is 1. The Hall–Kier alpha value is -1.69. The molecule has 0 fully saturated rings. The van der Waals surface area contributed by atoms with Gasteiger partial charge in [0.25, 0.3) is 5.91 Å². The molecule has 100 valence electrons. The number of nitrogens with one attached hydrogen (secondary N) is 1. The smallest absolute Gasteiger partial charge is 0.387 e. The third-order valence-electron chi connectivity index (χ3n) is 1.80. The maximum absolute atomic E-state index is 12.2. The van der Waals surface area contributed by atoms with Crippen molar-refractivity contribution in [3.8, 4) is 5.75 Å². The van der Waals surface area contributed by atoms with Crippen LogP contribution in [0.1, 0.15) is 31.1 Å². The Bertz CT molecular complexity index is 416. The summed E-state index contributed by atoms with van der Waals surface area (Å²) in [4.78, 5) is 16.8. The van der Waals surface area contributed by atoms with Crippen LogP contribution in [0.3, 0.4) is 0 Å². The van der Waals surface area contributed by atoms with Gasteiger partial charge in [-0.05, 0) is 32.9 Å². The molecular weight excluding hydrogens is 244 g/mol. The second kappa shape index (κ2) is 5.77. The van der Waals surface area contributed by atoms with E-state index >= 15 is 0 Å². The molecule has 6 heteroatoms. The third kappa shape index (κ3) is 4.67. The van der Waals surface area contributed by atoms with E-state index in [0.717, 1.165) is 0 Å². The molecule has 0 saturated carbocycles. The molecule has 0 radical (unpaired) electrons. The van der Waals surface area contributed by atoms with Crippen molar-refractivity contribution in [1.82, 2.24) is 5.48 Å². The SMILES string of the molecule is CC(C)(C)ONC(=O)c1ccccc1OC(F)F. The van der Waals surface area contributed by atoms with Gasteiger partial charge in [0, 0.05) is 0 Å². The van der Waals surface area contributed by atoms with Crippen molar-refractivity contribution in [3.05, 3.63) is 29.8 Å². The summed E-state index contributed by atoms with van der Waals surface area (Å²) in [5, 5.41) is 0. The number of para-hydroxylation sites is 1. The highest BCUT2D eigenvalue weighted by molar-refractivity contribution is 5.96. The lowest BCUT2D eigenvalue weighted by Crippen LogP contribution is -2.33. The Morgan fingerprint density at radius 2 is 1.89 bits per heavy atom. The zero-order valence-electron chi connectivity index (χ0n) is 10.4. The minimum atomic E-state index is -2.98. The molecule has 1 aromatic carbocycles. The highest BCUT2D eigenvalue weighted by Gasteiger charge is 2.18. The van der Waals surface area contributed by atoms with Crippen molar-refractivity contribution < 1.29 is 23.1 Å². The van der Waals surface area contributed by atoms with Crippen molar-refractivity contribution in [2.75, 3.05) is 0 Å². The monoisotopic (exact) mass is 259 g/mol. The van der Waals surface area contributed by atoms with E-state index in [2.05, 4.69) is 10.2 Å². The maximum Gasteiger partial charge on any atom is 0.387 e. The summed E-state index contributed by atoms with van der Waals surface area (Å²) < 4.78 is 28.6. The molecule has 1 N–H and O–H groups in total. The fourth-order valence-corrected chi connectivity index (χ4v) is 1.11. The first-order valence-corrected chi connectivity index (χ1v) is 5.32. The van der Waals surface area contributed by atoms with E-state index < -0.39 is 18.1 Å². The van der Waals surface area contributed by atoms with Crippen LogP contribution < -0.4 is 10.2 Å². The van der Waals surface area contributed by atoms with Gasteiger partial charge in [-0.1, -0.05) is 12.1 Å². The normalized spacial score (nSPS) is 11.4. The van der Waals surface area contributed by atoms with Crippen molar-refractivity contribution in [2.24, 2.45) is 0 Å². The molecule has 0 aliphatic heterocycles. The molecule has 0 aromatic heterocycles. The fraction of sp³-hybridized carbons (Fsp3) is 0.417. The van der Waals surface area contributed by atoms with Gasteiger partial charge in [0.1, 0.15) is 5.75 Å². The minimum absolute atomic E-state index is 0.0120. The number of alkyl halides is 2. The predicted octanol–water partition coefficient (Wildman–Crippen LogP) is 2.75. The molecule has 1 amide bonds. The van der Waals surface area contributed by atoms with Gasteiger partial charge in [-0.3, -0.25) is 9.63 Å². The lowest BCUT2D eigenvalue weighted by molar-refractivity contribution is -0.0611. The number of rotatable bonds is 4. The summed E-state index contributed by atoms with van der Waals surface area (Å²) >= 11 is 0. The molecular formula is C12H15F2NO3. The van der Waals surface area contributed by atoms with Crippen molar-refractivity contribution in [3.63, 3.8) is 0 Å². The molecule has 0 unspecified atom stereocenters. The summed E-state index contributed by atoms with van der Waals surface area (Å²) in [6.45, 7) is 2.25. The molecule has 0 heterocycles. The fourth-order valence-electron chi connectivity index (χ4n) is 1.11. The number of halogens is 2. The first-order chi connectivity index (χ1) is 8.29. The number of hydrogen-bond donors (Lipinski definition) is 1. The molecule has 1 rings (SSSR count). The van der Waals surface area contributed by atoms with Crippen LogP contribution in [-0.2, 0) is 4.84 Å². The highest BCUT2D eigenvalue weighted by atomic mass is 19.3. The average Bonchev–Trinajstić information content (AvgIpc) is 2.25. The van der Waals surface area contributed by atoms with Crippen LogP contribution in [-0.4, -0.2) is 18.1 Å². The van der Waals surface area contributed by atoms with Crippen molar-refractivity contribution in [2.45, 2.75) is 33.0 Å². The van der Waals surface area contributed by atoms with Gasteiger partial charge in [-0.2, -0.15) is 8.78 Å². The van der Waals surface area contributed by atoms with E-state index in [9.17, 15) is 13.6 Å². The quantitative estimate of drug-likeness (QED) is 0.846. The first kappa shape index (κ1) is 14.4. The molecule has 4 nitrogen and oxygen atoms in total. The molecule has 0 atom stereocenters. The van der Waals surface area contributed by atoms with Gasteiger partial charge in [0.15, 0.2) is 0 Å². The molecule has 0 spiro atoms. The average molecular weight is 259 g/mol. The van der Waals surface area contributed by atoms with E-state index in [0.29, 0.717) is 0 Å². The molecule has 0 aliphatic carbocycles. The Balaban J connectivity index is 2.79. The summed E-state index contributed by atoms with van der Waals surface area (Å²) in [6, 6.07) is 5.71. The second-order valence-electron chi connectivity index (χ2n) is 4.52. The van der Waals surface area contributed by atoms with E-state index in [1.807, 2.05) is 0 Å². The lowest BCUT2D eigenvalue weighted by atomic mass is 10.2. The summed E-state index contributed by atoms with van der Waals surface area (Å²) in [5.74, 6) is -0.830. The summed E-state index contributed by atoms with van der Waals surface area (Å²) in [5.41, 5.74) is 1.60. The molecule has 1 aromatic rings. The zero-order chi connectivity index (χ0) is 13.8. The second-order valence-corrected chi connectivity index (χ2v) is 4.52. The number of hydrogen-bond acceptors (Lipinski definition) is 3. The highest BCUT2D eigenvalue weighted by Crippen LogP contribution is 2.20. The van der Waals surface area contributed by atoms with Crippen LogP contribution in [0, 0.1) is 0 Å². The topological polar surface area (TPSA) is 47.6 Å². The third-order valence-corrected chi connectivity index (χ3v) is 1.80. The van der Waals surface area contributed by atoms with E-state index in [-0.39, 0.29) is 11.3 Å². The van der Waals surface area contributed by atoms with E-state index in [1.165, 1.54) is 18.2 Å². The number of benzene rings is 1. The summed E-state index contributed by atoms with van der Waals surface area (Å²) in [7, 11) is 0. The van der Waals surface area contributed by atoms with Crippen LogP contribution in [0.2, 0.25) is 0 Å². The van der Waals surface area contributed by atoms with E-state index in [4.69, 9.17) is 4.84 Å². The summed E-state index contributed by atoms with van der Waals surface area (Å²) in [6.07, 6.45) is 0. The van der Waals surface area contributed by atoms with Crippen LogP contribution in [0.4, 0.5) is 8.78 Å². The van der Waals surface area contributed by atoms with Crippen LogP contribution in [0.15, 0.2) is 24.3 Å². The maximum atomic E-state index is 12.2. The van der Waals surface area contributed by atoms with Gasteiger partial charge >= 0.3 is 6.61 Å². The molecule has 0 bridgehead atoms. The number of hydroxylamine groups is 1. The molecule has 0 aliphatic rings. The number of carbonyl (C=O) groups is 1. The Morgan fingerprint density at radius 1 is 1.28 bits per heavy atom. The molecule has 0 saturated heterocycles. The first-order valence-electron chi connectivity index (χ1n) is 5.32. The van der Waals surface area contributed by atoms with Crippen molar-refractivity contribution >= 4 is 5.91 Å². The van der Waals surface area contributed by atoms with Gasteiger partial charge in [-0.25, -0.2) is 5.48 Å². The largest absolute Gasteiger partial charge is 0.434 e.